The van der Waals surface area contributed by atoms with Crippen LogP contribution in [0.3, 0.4) is 0 Å². The van der Waals surface area contributed by atoms with Gasteiger partial charge >= 0.3 is 0 Å². The van der Waals surface area contributed by atoms with Gasteiger partial charge in [0.25, 0.3) is 0 Å². The molecule has 3 saturated carbocycles. The number of rotatable bonds is 5. The highest BCUT2D eigenvalue weighted by atomic mass is 16.3. The van der Waals surface area contributed by atoms with Crippen LogP contribution in [-0.2, 0) is 0 Å². The molecule has 4 aliphatic rings. The summed E-state index contributed by atoms with van der Waals surface area (Å²) in [6.45, 7) is 11.6. The van der Waals surface area contributed by atoms with Gasteiger partial charge in [-0.15, -0.1) is 0 Å². The smallest absolute Gasteiger partial charge is 0.0543 e. The van der Waals surface area contributed by atoms with Crippen molar-refractivity contribution in [1.82, 2.24) is 0 Å². The molecule has 29 heavy (non-hydrogen) atoms. The first-order valence-corrected chi connectivity index (χ1v) is 12.2. The highest BCUT2D eigenvalue weighted by Crippen LogP contribution is 2.65. The monoisotopic (exact) mass is 398 g/mol. The fourth-order valence-corrected chi connectivity index (χ4v) is 7.52. The van der Waals surface area contributed by atoms with Crippen LogP contribution in [0.2, 0.25) is 0 Å². The molecule has 4 rings (SSSR count). The lowest BCUT2D eigenvalue weighted by atomic mass is 9.48. The van der Waals surface area contributed by atoms with E-state index in [9.17, 15) is 10.2 Å². The predicted molar refractivity (Wildman–Crippen MR) is 120 cm³/mol. The zero-order valence-corrected chi connectivity index (χ0v) is 18.9. The maximum absolute atomic E-state index is 10.5. The second-order valence-corrected chi connectivity index (χ2v) is 11.1. The molecular formula is C27H42O2. The van der Waals surface area contributed by atoms with E-state index in [1.807, 2.05) is 0 Å². The maximum Gasteiger partial charge on any atom is 0.0543 e. The highest BCUT2D eigenvalue weighted by molar-refractivity contribution is 5.34. The summed E-state index contributed by atoms with van der Waals surface area (Å²) in [5.41, 5.74) is 5.09. The lowest BCUT2D eigenvalue weighted by Gasteiger charge is -2.57. The van der Waals surface area contributed by atoms with Crippen LogP contribution < -0.4 is 0 Å². The summed E-state index contributed by atoms with van der Waals surface area (Å²) in [4.78, 5) is 0. The molecular weight excluding hydrogens is 356 g/mol. The molecule has 3 fully saturated rings. The molecule has 2 heteroatoms. The lowest BCUT2D eigenvalue weighted by Crippen LogP contribution is -2.52. The van der Waals surface area contributed by atoms with E-state index in [4.69, 9.17) is 0 Å². The Morgan fingerprint density at radius 2 is 2.03 bits per heavy atom. The van der Waals surface area contributed by atoms with Gasteiger partial charge in [-0.1, -0.05) is 56.2 Å². The predicted octanol–water partition coefficient (Wildman–Crippen LogP) is 6.20. The molecule has 6 unspecified atom stereocenters. The molecule has 162 valence electrons. The van der Waals surface area contributed by atoms with Crippen molar-refractivity contribution in [3.63, 3.8) is 0 Å². The standard InChI is InChI=1S/C27H42O2/c1-18(2)19(3)6-5-7-20-9-11-24-23-10-8-21-16-22(29)12-15-27(21,17-28)25(23)13-14-26(20,24)4/h7,10,18,21-22,24-25,28-29H,3,5-6,8-9,11-17H2,1-2,4H3. The molecule has 0 aromatic carbocycles. The summed E-state index contributed by atoms with van der Waals surface area (Å²) in [7, 11) is 0. The zero-order valence-electron chi connectivity index (χ0n) is 18.9. The second kappa shape index (κ2) is 8.00. The van der Waals surface area contributed by atoms with Crippen molar-refractivity contribution < 1.29 is 10.2 Å². The average Bonchev–Trinajstić information content (AvgIpc) is 3.04. The molecule has 0 heterocycles. The minimum absolute atomic E-state index is 0.0338. The largest absolute Gasteiger partial charge is 0.396 e. The molecule has 0 aromatic rings. The van der Waals surface area contributed by atoms with Gasteiger partial charge < -0.3 is 10.2 Å². The summed E-state index contributed by atoms with van der Waals surface area (Å²) in [6, 6.07) is 0. The average molecular weight is 399 g/mol. The van der Waals surface area contributed by atoms with Gasteiger partial charge in [0.1, 0.15) is 0 Å². The van der Waals surface area contributed by atoms with Gasteiger partial charge in [-0.25, -0.2) is 0 Å². The number of hydrogen-bond donors (Lipinski definition) is 2. The first-order chi connectivity index (χ1) is 13.8. The zero-order chi connectivity index (χ0) is 20.8. The molecule has 0 aliphatic heterocycles. The van der Waals surface area contributed by atoms with Gasteiger partial charge in [0.05, 0.1) is 6.10 Å². The van der Waals surface area contributed by atoms with Crippen LogP contribution in [0, 0.1) is 34.5 Å². The van der Waals surface area contributed by atoms with Crippen molar-refractivity contribution in [3.8, 4) is 0 Å². The summed E-state index contributed by atoms with van der Waals surface area (Å²) in [5, 5.41) is 20.8. The normalized spacial score (nSPS) is 43.0. The number of aliphatic hydroxyl groups excluding tert-OH is 2. The van der Waals surface area contributed by atoms with Crippen LogP contribution in [0.1, 0.15) is 85.0 Å². The van der Waals surface area contributed by atoms with E-state index in [0.29, 0.717) is 35.7 Å². The topological polar surface area (TPSA) is 40.5 Å². The van der Waals surface area contributed by atoms with Gasteiger partial charge in [0.2, 0.25) is 0 Å². The molecule has 0 bridgehead atoms. The van der Waals surface area contributed by atoms with Gasteiger partial charge in [0.15, 0.2) is 0 Å². The molecule has 0 spiro atoms. The molecule has 0 radical (unpaired) electrons. The van der Waals surface area contributed by atoms with E-state index in [2.05, 4.69) is 39.5 Å². The number of aliphatic hydroxyl groups is 2. The lowest BCUT2D eigenvalue weighted by molar-refractivity contribution is -0.0761. The number of allylic oxidation sites excluding steroid dienone is 5. The fraction of sp³-hybridized carbons (Fsp3) is 0.778. The van der Waals surface area contributed by atoms with E-state index in [1.54, 1.807) is 11.1 Å². The molecule has 0 aromatic heterocycles. The molecule has 6 atom stereocenters. The quantitative estimate of drug-likeness (QED) is 0.541. The molecule has 0 saturated heterocycles. The van der Waals surface area contributed by atoms with E-state index < -0.39 is 0 Å². The second-order valence-electron chi connectivity index (χ2n) is 11.1. The van der Waals surface area contributed by atoms with Crippen LogP contribution >= 0.6 is 0 Å². The van der Waals surface area contributed by atoms with Crippen molar-refractivity contribution in [3.05, 3.63) is 35.5 Å². The third kappa shape index (κ3) is 3.49. The minimum Gasteiger partial charge on any atom is -0.396 e. The summed E-state index contributed by atoms with van der Waals surface area (Å²) in [6.07, 6.45) is 16.0. The number of hydrogen-bond acceptors (Lipinski definition) is 2. The van der Waals surface area contributed by atoms with E-state index in [0.717, 1.165) is 38.5 Å². The van der Waals surface area contributed by atoms with Crippen molar-refractivity contribution in [2.24, 2.45) is 34.5 Å². The third-order valence-corrected chi connectivity index (χ3v) is 9.57. The van der Waals surface area contributed by atoms with Crippen LogP contribution in [0.4, 0.5) is 0 Å². The van der Waals surface area contributed by atoms with Crippen molar-refractivity contribution >= 4 is 0 Å². The van der Waals surface area contributed by atoms with E-state index in [-0.39, 0.29) is 11.5 Å². The Morgan fingerprint density at radius 1 is 1.24 bits per heavy atom. The maximum atomic E-state index is 10.5. The first-order valence-electron chi connectivity index (χ1n) is 12.2. The highest BCUT2D eigenvalue weighted by Gasteiger charge is 2.57. The van der Waals surface area contributed by atoms with E-state index >= 15 is 0 Å². The SMILES string of the molecule is C=C(CCC=C1CCC2C3=CCC4CC(O)CCC4(CO)C3CCC12C)C(C)C. The Bertz CT molecular complexity index is 701. The fourth-order valence-electron chi connectivity index (χ4n) is 7.52. The molecule has 0 amide bonds. The third-order valence-electron chi connectivity index (χ3n) is 9.57. The Labute approximate surface area is 178 Å². The summed E-state index contributed by atoms with van der Waals surface area (Å²) >= 11 is 0. The van der Waals surface area contributed by atoms with Crippen LogP contribution in [-0.4, -0.2) is 22.9 Å². The minimum atomic E-state index is -0.162. The van der Waals surface area contributed by atoms with Crippen LogP contribution in [0.5, 0.6) is 0 Å². The summed E-state index contributed by atoms with van der Waals surface area (Å²) < 4.78 is 0. The Kier molecular flexibility index (Phi) is 5.90. The van der Waals surface area contributed by atoms with Crippen LogP contribution in [0.15, 0.2) is 35.5 Å². The van der Waals surface area contributed by atoms with Gasteiger partial charge in [0, 0.05) is 12.0 Å². The van der Waals surface area contributed by atoms with Crippen molar-refractivity contribution in [1.29, 1.82) is 0 Å². The Balaban J connectivity index is 1.55. The van der Waals surface area contributed by atoms with Crippen molar-refractivity contribution in [2.75, 3.05) is 6.61 Å². The molecule has 2 N–H and O–H groups in total. The Hall–Kier alpha value is -0.860. The first kappa shape index (κ1) is 21.4. The molecule has 4 aliphatic carbocycles. The Morgan fingerprint density at radius 3 is 2.76 bits per heavy atom. The molecule has 2 nitrogen and oxygen atoms in total. The van der Waals surface area contributed by atoms with Crippen molar-refractivity contribution in [2.45, 2.75) is 91.1 Å². The van der Waals surface area contributed by atoms with Gasteiger partial charge in [-0.2, -0.15) is 0 Å². The van der Waals surface area contributed by atoms with Crippen LogP contribution in [0.25, 0.3) is 0 Å². The summed E-state index contributed by atoms with van der Waals surface area (Å²) in [5.74, 6) is 2.25. The van der Waals surface area contributed by atoms with Gasteiger partial charge in [-0.3, -0.25) is 0 Å². The van der Waals surface area contributed by atoms with E-state index in [1.165, 1.54) is 31.3 Å². The van der Waals surface area contributed by atoms with Gasteiger partial charge in [-0.05, 0) is 93.3 Å². The number of fused-ring (bicyclic) bond motifs is 5.